The molecule has 4 heterocycles. The number of amides is 3. The number of ether oxygens (including phenoxy) is 2. The molecule has 1 fully saturated rings. The number of hydrogen-bond donors (Lipinski definition) is 1. The Morgan fingerprint density at radius 1 is 1.22 bits per heavy atom. The van der Waals surface area contributed by atoms with E-state index in [0.29, 0.717) is 31.5 Å². The molecule has 2 N–H and O–H groups in total. The predicted molar refractivity (Wildman–Crippen MR) is 111 cm³/mol. The van der Waals surface area contributed by atoms with Crippen LogP contribution in [-0.4, -0.2) is 68.6 Å². The van der Waals surface area contributed by atoms with Gasteiger partial charge in [-0.2, -0.15) is 0 Å². The second-order valence-corrected chi connectivity index (χ2v) is 7.28. The number of nitrogens with two attached hydrogens (primary N) is 1. The number of urea groups is 1. The maximum Gasteiger partial charge on any atom is 0.357 e. The lowest BCUT2D eigenvalue weighted by molar-refractivity contribution is -0.135. The van der Waals surface area contributed by atoms with Crippen molar-refractivity contribution >= 4 is 23.6 Å². The fraction of sp³-hybridized carbons (Fsp3) is 0.333. The minimum absolute atomic E-state index is 0.0551. The van der Waals surface area contributed by atoms with E-state index >= 15 is 0 Å². The number of pyridine rings is 1. The number of rotatable bonds is 4. The average molecular weight is 438 g/mol. The van der Waals surface area contributed by atoms with Crippen molar-refractivity contribution in [2.24, 2.45) is 5.73 Å². The van der Waals surface area contributed by atoms with Gasteiger partial charge in [-0.3, -0.25) is 9.69 Å². The van der Waals surface area contributed by atoms with E-state index in [0.717, 1.165) is 0 Å². The SMILES string of the molecule is COc1cccc(C(=O)OC2CCCCN3C(=O)C=C(c4ccncn4)N(C(N)=O)C23)n1. The highest BCUT2D eigenvalue weighted by molar-refractivity contribution is 6.00. The monoisotopic (exact) mass is 438 g/mol. The Morgan fingerprint density at radius 3 is 2.78 bits per heavy atom. The summed E-state index contributed by atoms with van der Waals surface area (Å²) >= 11 is 0. The Kier molecular flexibility index (Phi) is 5.97. The second-order valence-electron chi connectivity index (χ2n) is 7.28. The molecule has 0 spiro atoms. The lowest BCUT2D eigenvalue weighted by atomic mass is 10.1. The van der Waals surface area contributed by atoms with Gasteiger partial charge in [-0.25, -0.2) is 24.5 Å². The van der Waals surface area contributed by atoms with Crippen LogP contribution in [0.15, 0.2) is 42.9 Å². The molecule has 0 aliphatic carbocycles. The maximum absolute atomic E-state index is 13.0. The molecule has 2 unspecified atom stereocenters. The zero-order chi connectivity index (χ0) is 22.7. The molecule has 2 aliphatic heterocycles. The van der Waals surface area contributed by atoms with Crippen LogP contribution in [0.4, 0.5) is 4.79 Å². The van der Waals surface area contributed by atoms with Crippen LogP contribution in [-0.2, 0) is 9.53 Å². The highest BCUT2D eigenvalue weighted by atomic mass is 16.5. The zero-order valence-corrected chi connectivity index (χ0v) is 17.4. The first kappa shape index (κ1) is 21.2. The van der Waals surface area contributed by atoms with Crippen molar-refractivity contribution in [3.05, 3.63) is 54.3 Å². The van der Waals surface area contributed by atoms with E-state index in [-0.39, 0.29) is 23.2 Å². The van der Waals surface area contributed by atoms with E-state index < -0.39 is 24.3 Å². The average Bonchev–Trinajstić information content (AvgIpc) is 3.02. The summed E-state index contributed by atoms with van der Waals surface area (Å²) in [6, 6.07) is 5.51. The smallest absolute Gasteiger partial charge is 0.357 e. The molecule has 0 radical (unpaired) electrons. The third kappa shape index (κ3) is 4.09. The van der Waals surface area contributed by atoms with Crippen LogP contribution in [0.25, 0.3) is 5.70 Å². The van der Waals surface area contributed by atoms with E-state index in [9.17, 15) is 14.4 Å². The summed E-state index contributed by atoms with van der Waals surface area (Å²) < 4.78 is 10.8. The van der Waals surface area contributed by atoms with E-state index in [1.54, 1.807) is 18.2 Å². The summed E-state index contributed by atoms with van der Waals surface area (Å²) in [6.45, 7) is 0.395. The van der Waals surface area contributed by atoms with Gasteiger partial charge in [0.2, 0.25) is 5.88 Å². The van der Waals surface area contributed by atoms with Crippen molar-refractivity contribution in [1.82, 2.24) is 24.8 Å². The summed E-state index contributed by atoms with van der Waals surface area (Å²) in [7, 11) is 1.44. The van der Waals surface area contributed by atoms with Gasteiger partial charge < -0.3 is 20.1 Å². The molecular weight excluding hydrogens is 416 g/mol. The zero-order valence-electron chi connectivity index (χ0n) is 17.4. The van der Waals surface area contributed by atoms with Crippen molar-refractivity contribution in [2.75, 3.05) is 13.7 Å². The van der Waals surface area contributed by atoms with Gasteiger partial charge >= 0.3 is 12.0 Å². The Morgan fingerprint density at radius 2 is 2.06 bits per heavy atom. The van der Waals surface area contributed by atoms with Crippen LogP contribution < -0.4 is 10.5 Å². The van der Waals surface area contributed by atoms with Gasteiger partial charge in [0, 0.05) is 24.9 Å². The number of aromatic nitrogens is 3. The van der Waals surface area contributed by atoms with Crippen molar-refractivity contribution in [1.29, 1.82) is 0 Å². The number of carbonyl (C=O) groups excluding carboxylic acids is 3. The lowest BCUT2D eigenvalue weighted by Gasteiger charge is -2.44. The largest absolute Gasteiger partial charge is 0.481 e. The van der Waals surface area contributed by atoms with Crippen molar-refractivity contribution in [3.8, 4) is 5.88 Å². The van der Waals surface area contributed by atoms with E-state index in [1.807, 2.05) is 0 Å². The van der Waals surface area contributed by atoms with Gasteiger partial charge in [-0.15, -0.1) is 0 Å². The minimum Gasteiger partial charge on any atom is -0.481 e. The highest BCUT2D eigenvalue weighted by Gasteiger charge is 2.45. The first-order valence-corrected chi connectivity index (χ1v) is 10.1. The molecule has 0 saturated carbocycles. The summed E-state index contributed by atoms with van der Waals surface area (Å²) in [6.07, 6.45) is 4.22. The number of methoxy groups -OCH3 is 1. The summed E-state index contributed by atoms with van der Waals surface area (Å²) in [5, 5.41) is 0. The van der Waals surface area contributed by atoms with E-state index in [1.165, 1.54) is 41.6 Å². The molecule has 1 saturated heterocycles. The number of primary amides is 1. The fourth-order valence-electron chi connectivity index (χ4n) is 3.92. The van der Waals surface area contributed by atoms with Crippen LogP contribution in [0.3, 0.4) is 0 Å². The standard InChI is InChI=1S/C21H22N6O5/c1-31-17-7-4-5-14(25-17)20(29)32-16-6-2-3-10-26-18(28)11-15(13-8-9-23-12-24-13)27(19(16)26)21(22)30/h4-5,7-9,11-12,16,19H,2-3,6,10H2,1H3,(H2,22,30). The Bertz CT molecular complexity index is 1060. The minimum atomic E-state index is -0.910. The topological polar surface area (TPSA) is 141 Å². The Hall–Kier alpha value is -4.02. The summed E-state index contributed by atoms with van der Waals surface area (Å²) in [5.74, 6) is -0.739. The van der Waals surface area contributed by atoms with Gasteiger partial charge in [0.05, 0.1) is 18.5 Å². The number of hydrogen-bond acceptors (Lipinski definition) is 8. The molecule has 32 heavy (non-hydrogen) atoms. The molecule has 166 valence electrons. The molecule has 2 atom stereocenters. The van der Waals surface area contributed by atoms with Crippen LogP contribution in [0.1, 0.15) is 35.4 Å². The number of esters is 1. The van der Waals surface area contributed by atoms with Crippen molar-refractivity contribution in [3.63, 3.8) is 0 Å². The van der Waals surface area contributed by atoms with E-state index in [2.05, 4.69) is 15.0 Å². The Labute approximate surface area is 183 Å². The number of carbonyl (C=O) groups is 3. The first-order chi connectivity index (χ1) is 15.5. The van der Waals surface area contributed by atoms with Gasteiger partial charge in [0.1, 0.15) is 12.4 Å². The molecule has 4 rings (SSSR count). The molecule has 11 nitrogen and oxygen atoms in total. The van der Waals surface area contributed by atoms with Crippen LogP contribution in [0.5, 0.6) is 5.88 Å². The summed E-state index contributed by atoms with van der Waals surface area (Å²) in [4.78, 5) is 53.3. The molecule has 2 aliphatic rings. The molecule has 0 bridgehead atoms. The fourth-order valence-corrected chi connectivity index (χ4v) is 3.92. The Balaban J connectivity index is 1.70. The molecule has 0 aromatic carbocycles. The molecule has 2 aromatic rings. The van der Waals surface area contributed by atoms with Crippen molar-refractivity contribution in [2.45, 2.75) is 31.5 Å². The first-order valence-electron chi connectivity index (χ1n) is 10.1. The third-order valence-electron chi connectivity index (χ3n) is 5.34. The molecular formula is C21H22N6O5. The number of fused-ring (bicyclic) bond motifs is 1. The maximum atomic E-state index is 13.0. The predicted octanol–water partition coefficient (Wildman–Crippen LogP) is 1.18. The third-order valence-corrected chi connectivity index (χ3v) is 5.34. The van der Waals surface area contributed by atoms with Gasteiger partial charge in [0.25, 0.3) is 5.91 Å². The normalized spacial score (nSPS) is 20.7. The van der Waals surface area contributed by atoms with Gasteiger partial charge in [-0.1, -0.05) is 6.07 Å². The van der Waals surface area contributed by atoms with Crippen LogP contribution in [0.2, 0.25) is 0 Å². The van der Waals surface area contributed by atoms with Crippen LogP contribution in [0, 0.1) is 0 Å². The van der Waals surface area contributed by atoms with E-state index in [4.69, 9.17) is 15.2 Å². The lowest BCUT2D eigenvalue weighted by Crippen LogP contribution is -2.61. The number of nitrogens with zero attached hydrogens (tertiary/aromatic N) is 5. The quantitative estimate of drug-likeness (QED) is 0.702. The summed E-state index contributed by atoms with van der Waals surface area (Å²) in [5.41, 5.74) is 6.38. The molecule has 11 heteroatoms. The van der Waals surface area contributed by atoms with Gasteiger partial charge in [-0.05, 0) is 31.4 Å². The van der Waals surface area contributed by atoms with Gasteiger partial charge in [0.15, 0.2) is 11.9 Å². The highest BCUT2D eigenvalue weighted by Crippen LogP contribution is 2.33. The van der Waals surface area contributed by atoms with Crippen LogP contribution >= 0.6 is 0 Å². The molecule has 2 aromatic heterocycles. The van der Waals surface area contributed by atoms with Crippen molar-refractivity contribution < 1.29 is 23.9 Å². The molecule has 3 amide bonds. The second kappa shape index (κ2) is 9.00.